The van der Waals surface area contributed by atoms with E-state index in [-0.39, 0.29) is 17.2 Å². The monoisotopic (exact) mass is 196 g/mol. The Morgan fingerprint density at radius 1 is 1.29 bits per heavy atom. The van der Waals surface area contributed by atoms with E-state index in [1.807, 2.05) is 0 Å². The first-order valence-electron chi connectivity index (χ1n) is 5.75. The highest BCUT2D eigenvalue weighted by molar-refractivity contribution is 5.77. The number of piperidine rings is 1. The molecule has 2 rings (SSSR count). The molecule has 0 aromatic carbocycles. The first-order valence-corrected chi connectivity index (χ1v) is 5.75. The van der Waals surface area contributed by atoms with Crippen LogP contribution in [0.3, 0.4) is 0 Å². The van der Waals surface area contributed by atoms with Crippen molar-refractivity contribution in [2.24, 2.45) is 17.1 Å². The summed E-state index contributed by atoms with van der Waals surface area (Å²) < 4.78 is 0. The Labute approximate surface area is 85.4 Å². The fourth-order valence-electron chi connectivity index (χ4n) is 3.25. The lowest BCUT2D eigenvalue weighted by molar-refractivity contribution is -0.128. The van der Waals surface area contributed by atoms with Crippen LogP contribution in [0.25, 0.3) is 0 Å². The molecule has 3 heteroatoms. The third-order valence-corrected chi connectivity index (χ3v) is 4.01. The molecule has 1 aliphatic carbocycles. The number of hydrogen-bond donors (Lipinski definition) is 2. The summed E-state index contributed by atoms with van der Waals surface area (Å²) in [6.07, 6.45) is 7.03. The standard InChI is InChI=1S/C11H20N2O/c12-10(14)9-4-1-2-5-11(9)6-3-7-13-8-11/h9,13H,1-8H2,(H2,12,14). The number of primary amides is 1. The molecule has 80 valence electrons. The molecular weight excluding hydrogens is 176 g/mol. The van der Waals surface area contributed by atoms with Crippen molar-refractivity contribution in [2.45, 2.75) is 38.5 Å². The fraction of sp³-hybridized carbons (Fsp3) is 0.909. The Morgan fingerprint density at radius 2 is 2.07 bits per heavy atom. The van der Waals surface area contributed by atoms with Crippen LogP contribution in [-0.2, 0) is 4.79 Å². The molecule has 1 spiro atoms. The van der Waals surface area contributed by atoms with E-state index in [0.717, 1.165) is 19.5 Å². The Balaban J connectivity index is 2.14. The minimum Gasteiger partial charge on any atom is -0.369 e. The van der Waals surface area contributed by atoms with Gasteiger partial charge in [0.2, 0.25) is 5.91 Å². The van der Waals surface area contributed by atoms with Gasteiger partial charge < -0.3 is 11.1 Å². The van der Waals surface area contributed by atoms with Crippen LogP contribution in [0.15, 0.2) is 0 Å². The Hall–Kier alpha value is -0.570. The van der Waals surface area contributed by atoms with Crippen molar-refractivity contribution in [1.29, 1.82) is 0 Å². The molecule has 3 N–H and O–H groups in total. The van der Waals surface area contributed by atoms with E-state index >= 15 is 0 Å². The Kier molecular flexibility index (Phi) is 2.77. The van der Waals surface area contributed by atoms with Crippen molar-refractivity contribution >= 4 is 5.91 Å². The van der Waals surface area contributed by atoms with Gasteiger partial charge in [-0.25, -0.2) is 0 Å². The molecule has 0 radical (unpaired) electrons. The summed E-state index contributed by atoms with van der Waals surface area (Å²) in [6.45, 7) is 2.10. The highest BCUT2D eigenvalue weighted by Crippen LogP contribution is 2.45. The van der Waals surface area contributed by atoms with Gasteiger partial charge in [-0.15, -0.1) is 0 Å². The van der Waals surface area contributed by atoms with Crippen molar-refractivity contribution in [1.82, 2.24) is 5.32 Å². The van der Waals surface area contributed by atoms with Crippen molar-refractivity contribution in [3.05, 3.63) is 0 Å². The van der Waals surface area contributed by atoms with Crippen LogP contribution in [0.1, 0.15) is 38.5 Å². The Morgan fingerprint density at radius 3 is 2.71 bits per heavy atom. The molecule has 2 unspecified atom stereocenters. The number of carbonyl (C=O) groups excluding carboxylic acids is 1. The number of hydrogen-bond acceptors (Lipinski definition) is 2. The first-order chi connectivity index (χ1) is 6.75. The maximum atomic E-state index is 11.4. The zero-order valence-corrected chi connectivity index (χ0v) is 8.72. The van der Waals surface area contributed by atoms with Crippen LogP contribution in [-0.4, -0.2) is 19.0 Å². The van der Waals surface area contributed by atoms with Gasteiger partial charge in [-0.3, -0.25) is 4.79 Å². The van der Waals surface area contributed by atoms with Crippen LogP contribution in [0.2, 0.25) is 0 Å². The molecule has 1 saturated heterocycles. The van der Waals surface area contributed by atoms with E-state index in [0.29, 0.717) is 0 Å². The summed E-state index contributed by atoms with van der Waals surface area (Å²) >= 11 is 0. The van der Waals surface area contributed by atoms with E-state index in [1.165, 1.54) is 32.1 Å². The van der Waals surface area contributed by atoms with Crippen LogP contribution in [0, 0.1) is 11.3 Å². The van der Waals surface area contributed by atoms with Gasteiger partial charge in [0.1, 0.15) is 0 Å². The summed E-state index contributed by atoms with van der Waals surface area (Å²) in [5.74, 6) is 0.0532. The lowest BCUT2D eigenvalue weighted by Crippen LogP contribution is -2.50. The summed E-state index contributed by atoms with van der Waals surface area (Å²) in [4.78, 5) is 11.4. The third-order valence-electron chi connectivity index (χ3n) is 4.01. The average Bonchev–Trinajstić information content (AvgIpc) is 2.19. The quantitative estimate of drug-likeness (QED) is 0.658. The highest BCUT2D eigenvalue weighted by Gasteiger charge is 2.43. The predicted molar refractivity (Wildman–Crippen MR) is 55.7 cm³/mol. The summed E-state index contributed by atoms with van der Waals surface area (Å²) in [6, 6.07) is 0. The molecule has 1 saturated carbocycles. The molecule has 1 aliphatic heterocycles. The second-order valence-electron chi connectivity index (χ2n) is 4.84. The number of amides is 1. The van der Waals surface area contributed by atoms with Crippen LogP contribution in [0.4, 0.5) is 0 Å². The first kappa shape index (κ1) is 9.97. The number of nitrogens with one attached hydrogen (secondary N) is 1. The lowest BCUT2D eigenvalue weighted by atomic mass is 9.62. The molecule has 2 atom stereocenters. The van der Waals surface area contributed by atoms with Gasteiger partial charge in [-0.1, -0.05) is 12.8 Å². The van der Waals surface area contributed by atoms with Gasteiger partial charge in [0, 0.05) is 12.5 Å². The molecular formula is C11H20N2O. The molecule has 3 nitrogen and oxygen atoms in total. The molecule has 14 heavy (non-hydrogen) atoms. The van der Waals surface area contributed by atoms with Crippen LogP contribution < -0.4 is 11.1 Å². The normalized spacial score (nSPS) is 38.4. The summed E-state index contributed by atoms with van der Waals surface area (Å²) in [5.41, 5.74) is 5.72. The van der Waals surface area contributed by atoms with E-state index in [4.69, 9.17) is 5.73 Å². The predicted octanol–water partition coefficient (Wildman–Crippen LogP) is 1.03. The van der Waals surface area contributed by atoms with Crippen LogP contribution in [0.5, 0.6) is 0 Å². The Bertz CT molecular complexity index is 213. The lowest BCUT2D eigenvalue weighted by Gasteiger charge is -2.45. The molecule has 2 aliphatic rings. The molecule has 1 heterocycles. The van der Waals surface area contributed by atoms with Crippen molar-refractivity contribution in [3.63, 3.8) is 0 Å². The van der Waals surface area contributed by atoms with E-state index in [1.54, 1.807) is 0 Å². The van der Waals surface area contributed by atoms with Gasteiger partial charge >= 0.3 is 0 Å². The maximum Gasteiger partial charge on any atom is 0.221 e. The largest absolute Gasteiger partial charge is 0.369 e. The van der Waals surface area contributed by atoms with E-state index in [9.17, 15) is 4.79 Å². The number of rotatable bonds is 1. The van der Waals surface area contributed by atoms with E-state index < -0.39 is 0 Å². The summed E-state index contributed by atoms with van der Waals surface area (Å²) in [7, 11) is 0. The number of nitrogens with two attached hydrogens (primary N) is 1. The zero-order valence-electron chi connectivity index (χ0n) is 8.72. The fourth-order valence-corrected chi connectivity index (χ4v) is 3.25. The minimum absolute atomic E-state index is 0.0756. The molecule has 0 aromatic heterocycles. The van der Waals surface area contributed by atoms with Gasteiger partial charge in [0.15, 0.2) is 0 Å². The van der Waals surface area contributed by atoms with Crippen molar-refractivity contribution in [2.75, 3.05) is 13.1 Å². The molecule has 1 amide bonds. The zero-order chi connectivity index (χ0) is 10.0. The molecule has 0 bridgehead atoms. The minimum atomic E-state index is -0.0756. The van der Waals surface area contributed by atoms with Gasteiger partial charge in [0.25, 0.3) is 0 Å². The van der Waals surface area contributed by atoms with Gasteiger partial charge in [-0.2, -0.15) is 0 Å². The van der Waals surface area contributed by atoms with Gasteiger partial charge in [0.05, 0.1) is 0 Å². The SMILES string of the molecule is NC(=O)C1CCCCC12CCCNC2. The topological polar surface area (TPSA) is 55.1 Å². The highest BCUT2D eigenvalue weighted by atomic mass is 16.1. The summed E-state index contributed by atoms with van der Waals surface area (Å²) in [5, 5.41) is 3.42. The van der Waals surface area contributed by atoms with E-state index in [2.05, 4.69) is 5.32 Å². The maximum absolute atomic E-state index is 11.4. The van der Waals surface area contributed by atoms with Gasteiger partial charge in [-0.05, 0) is 37.6 Å². The number of carbonyl (C=O) groups is 1. The second kappa shape index (κ2) is 3.89. The van der Waals surface area contributed by atoms with Crippen LogP contribution >= 0.6 is 0 Å². The average molecular weight is 196 g/mol. The third kappa shape index (κ3) is 1.65. The molecule has 0 aromatic rings. The van der Waals surface area contributed by atoms with Crippen molar-refractivity contribution in [3.8, 4) is 0 Å². The second-order valence-corrected chi connectivity index (χ2v) is 4.84. The smallest absolute Gasteiger partial charge is 0.221 e. The molecule has 2 fully saturated rings. The van der Waals surface area contributed by atoms with Crippen molar-refractivity contribution < 1.29 is 4.79 Å².